The van der Waals surface area contributed by atoms with Gasteiger partial charge in [-0.3, -0.25) is 9.59 Å². The van der Waals surface area contributed by atoms with Gasteiger partial charge in [-0.15, -0.1) is 0 Å². The highest BCUT2D eigenvalue weighted by atomic mass is 35.5. The molecular formula is C15H20ClN3O4. The number of esters is 1. The minimum absolute atomic E-state index is 0.121. The van der Waals surface area contributed by atoms with Gasteiger partial charge in [0.2, 0.25) is 5.91 Å². The van der Waals surface area contributed by atoms with E-state index in [-0.39, 0.29) is 17.2 Å². The molecule has 7 nitrogen and oxygen atoms in total. The second-order valence-corrected chi connectivity index (χ2v) is 5.32. The summed E-state index contributed by atoms with van der Waals surface area (Å²) < 4.78 is 4.87. The highest BCUT2D eigenvalue weighted by molar-refractivity contribution is 6.31. The molecule has 23 heavy (non-hydrogen) atoms. The predicted octanol–water partition coefficient (Wildman–Crippen LogP) is 1.11. The first-order valence-corrected chi connectivity index (χ1v) is 7.52. The van der Waals surface area contributed by atoms with E-state index in [1.807, 2.05) is 6.92 Å². The van der Waals surface area contributed by atoms with Crippen LogP contribution >= 0.6 is 11.6 Å². The second-order valence-electron chi connectivity index (χ2n) is 4.89. The molecule has 0 aliphatic rings. The van der Waals surface area contributed by atoms with Crippen molar-refractivity contribution < 1.29 is 19.1 Å². The van der Waals surface area contributed by atoms with E-state index >= 15 is 0 Å². The molecule has 0 aliphatic heterocycles. The first-order chi connectivity index (χ1) is 10.8. The number of rotatable bonds is 7. The van der Waals surface area contributed by atoms with Gasteiger partial charge in [0.1, 0.15) is 6.04 Å². The summed E-state index contributed by atoms with van der Waals surface area (Å²) in [5.74, 6) is -1.61. The maximum Gasteiger partial charge on any atom is 0.340 e. The van der Waals surface area contributed by atoms with Gasteiger partial charge in [0.25, 0.3) is 5.91 Å². The van der Waals surface area contributed by atoms with Crippen LogP contribution in [0.15, 0.2) is 18.2 Å². The molecule has 0 saturated heterocycles. The molecule has 0 aliphatic carbocycles. The summed E-state index contributed by atoms with van der Waals surface area (Å²) in [6.45, 7) is 3.49. The molecule has 0 aromatic heterocycles. The average Bonchev–Trinajstić information content (AvgIpc) is 2.50. The van der Waals surface area contributed by atoms with Crippen molar-refractivity contribution in [1.82, 2.24) is 10.6 Å². The number of carbonyl (C=O) groups excluding carboxylic acids is 3. The maximum atomic E-state index is 11.8. The monoisotopic (exact) mass is 341 g/mol. The largest absolute Gasteiger partial charge is 0.452 e. The molecule has 1 aromatic carbocycles. The van der Waals surface area contributed by atoms with E-state index in [4.69, 9.17) is 22.1 Å². The number of amides is 2. The predicted molar refractivity (Wildman–Crippen MR) is 87.1 cm³/mol. The van der Waals surface area contributed by atoms with Crippen LogP contribution in [0.3, 0.4) is 0 Å². The number of benzene rings is 1. The lowest BCUT2D eigenvalue weighted by Gasteiger charge is -2.14. The van der Waals surface area contributed by atoms with E-state index in [2.05, 4.69) is 10.6 Å². The van der Waals surface area contributed by atoms with Gasteiger partial charge in [0, 0.05) is 17.3 Å². The Balaban J connectivity index is 2.46. The van der Waals surface area contributed by atoms with Crippen LogP contribution in [0.4, 0.5) is 5.69 Å². The standard InChI is InChI=1S/C15H20ClN3O4/c1-3-6-18-14(21)9(2)19-13(20)8-23-15(22)11-5-4-10(16)7-12(11)17/h4-5,7,9H,3,6,8,17H2,1-2H3,(H,18,21)(H,19,20)/t9-/m0/s1. The summed E-state index contributed by atoms with van der Waals surface area (Å²) in [6, 6.07) is 3.61. The van der Waals surface area contributed by atoms with Gasteiger partial charge in [-0.2, -0.15) is 0 Å². The van der Waals surface area contributed by atoms with Crippen molar-refractivity contribution in [2.75, 3.05) is 18.9 Å². The Hall–Kier alpha value is -2.28. The molecule has 0 spiro atoms. The summed E-state index contributed by atoms with van der Waals surface area (Å²) in [5.41, 5.74) is 5.94. The van der Waals surface area contributed by atoms with Crippen LogP contribution in [0.5, 0.6) is 0 Å². The highest BCUT2D eigenvalue weighted by Crippen LogP contribution is 2.18. The number of nitrogens with two attached hydrogens (primary N) is 1. The highest BCUT2D eigenvalue weighted by Gasteiger charge is 2.17. The van der Waals surface area contributed by atoms with Gasteiger partial charge in [-0.1, -0.05) is 18.5 Å². The molecule has 4 N–H and O–H groups in total. The quantitative estimate of drug-likeness (QED) is 0.508. The van der Waals surface area contributed by atoms with Gasteiger partial charge in [0.15, 0.2) is 6.61 Å². The number of carbonyl (C=O) groups is 3. The van der Waals surface area contributed by atoms with Gasteiger partial charge in [-0.05, 0) is 31.5 Å². The first-order valence-electron chi connectivity index (χ1n) is 7.14. The SMILES string of the molecule is CCCNC(=O)[C@H](C)NC(=O)COC(=O)c1ccc(Cl)cc1N. The van der Waals surface area contributed by atoms with E-state index in [1.165, 1.54) is 18.2 Å². The zero-order chi connectivity index (χ0) is 17.4. The van der Waals surface area contributed by atoms with Crippen LogP contribution in [0.2, 0.25) is 5.02 Å². The number of nitrogen functional groups attached to an aromatic ring is 1. The fourth-order valence-electron chi connectivity index (χ4n) is 1.68. The van der Waals surface area contributed by atoms with Crippen molar-refractivity contribution in [3.8, 4) is 0 Å². The summed E-state index contributed by atoms with van der Waals surface area (Å²) in [5, 5.41) is 5.48. The lowest BCUT2D eigenvalue weighted by molar-refractivity contribution is -0.130. The Bertz CT molecular complexity index is 592. The Labute approximate surface area is 139 Å². The molecule has 0 fully saturated rings. The number of hydrogen-bond donors (Lipinski definition) is 3. The fourth-order valence-corrected chi connectivity index (χ4v) is 1.86. The van der Waals surface area contributed by atoms with Gasteiger partial charge < -0.3 is 21.1 Å². The average molecular weight is 342 g/mol. The summed E-state index contributed by atoms with van der Waals surface area (Å²) in [4.78, 5) is 35.1. The molecule has 8 heteroatoms. The van der Waals surface area contributed by atoms with Crippen molar-refractivity contribution in [2.45, 2.75) is 26.3 Å². The van der Waals surface area contributed by atoms with Gasteiger partial charge >= 0.3 is 5.97 Å². The third kappa shape index (κ3) is 6.15. The number of anilines is 1. The smallest absolute Gasteiger partial charge is 0.340 e. The van der Waals surface area contributed by atoms with Crippen LogP contribution in [0.25, 0.3) is 0 Å². The lowest BCUT2D eigenvalue weighted by atomic mass is 10.2. The molecule has 126 valence electrons. The normalized spacial score (nSPS) is 11.4. The molecule has 1 aromatic rings. The van der Waals surface area contributed by atoms with Gasteiger partial charge in [0.05, 0.1) is 5.56 Å². The van der Waals surface area contributed by atoms with Gasteiger partial charge in [-0.25, -0.2) is 4.79 Å². The second kappa shape index (κ2) is 8.99. The molecule has 1 rings (SSSR count). The number of ether oxygens (including phenoxy) is 1. The number of nitrogens with one attached hydrogen (secondary N) is 2. The maximum absolute atomic E-state index is 11.8. The van der Waals surface area contributed by atoms with E-state index in [9.17, 15) is 14.4 Å². The Morgan fingerprint density at radius 1 is 1.35 bits per heavy atom. The van der Waals surface area contributed by atoms with Crippen LogP contribution in [-0.2, 0) is 14.3 Å². The molecule has 0 saturated carbocycles. The van der Waals surface area contributed by atoms with Crippen molar-refractivity contribution in [3.63, 3.8) is 0 Å². The van der Waals surface area contributed by atoms with Crippen LogP contribution < -0.4 is 16.4 Å². The summed E-state index contributed by atoms with van der Waals surface area (Å²) in [6.07, 6.45) is 0.798. The molecular weight excluding hydrogens is 322 g/mol. The fraction of sp³-hybridized carbons (Fsp3) is 0.400. The minimum atomic E-state index is -0.739. The van der Waals surface area contributed by atoms with E-state index in [1.54, 1.807) is 6.92 Å². The minimum Gasteiger partial charge on any atom is -0.452 e. The molecule has 0 heterocycles. The van der Waals surface area contributed by atoms with Crippen LogP contribution in [0.1, 0.15) is 30.6 Å². The zero-order valence-electron chi connectivity index (χ0n) is 13.0. The van der Waals surface area contributed by atoms with Crippen molar-refractivity contribution in [2.24, 2.45) is 0 Å². The number of hydrogen-bond acceptors (Lipinski definition) is 5. The Morgan fingerprint density at radius 2 is 2.04 bits per heavy atom. The Kier molecular flexibility index (Phi) is 7.34. The Morgan fingerprint density at radius 3 is 2.65 bits per heavy atom. The molecule has 1 atom stereocenters. The lowest BCUT2D eigenvalue weighted by Crippen LogP contribution is -2.46. The van der Waals surface area contributed by atoms with Crippen LogP contribution in [-0.4, -0.2) is 37.0 Å². The van der Waals surface area contributed by atoms with Crippen molar-refractivity contribution in [3.05, 3.63) is 28.8 Å². The molecule has 2 amide bonds. The number of halogens is 1. The molecule has 0 radical (unpaired) electrons. The topological polar surface area (TPSA) is 111 Å². The van der Waals surface area contributed by atoms with E-state index < -0.39 is 24.5 Å². The molecule has 0 unspecified atom stereocenters. The zero-order valence-corrected chi connectivity index (χ0v) is 13.8. The van der Waals surface area contributed by atoms with E-state index in [0.717, 1.165) is 6.42 Å². The van der Waals surface area contributed by atoms with E-state index in [0.29, 0.717) is 11.6 Å². The summed E-state index contributed by atoms with van der Waals surface area (Å²) in [7, 11) is 0. The van der Waals surface area contributed by atoms with Crippen molar-refractivity contribution in [1.29, 1.82) is 0 Å². The summed E-state index contributed by atoms with van der Waals surface area (Å²) >= 11 is 5.74. The first kappa shape index (κ1) is 18.8. The van der Waals surface area contributed by atoms with Crippen molar-refractivity contribution >= 4 is 35.1 Å². The van der Waals surface area contributed by atoms with Crippen LogP contribution in [0, 0.1) is 0 Å². The third-order valence-corrected chi connectivity index (χ3v) is 3.12. The molecule has 0 bridgehead atoms. The third-order valence-electron chi connectivity index (χ3n) is 2.89.